The molecule has 0 spiro atoms. The number of nitrogens with zero attached hydrogens (tertiary/aromatic N) is 2. The van der Waals surface area contributed by atoms with Gasteiger partial charge in [0.15, 0.2) is 0 Å². The third-order valence-electron chi connectivity index (χ3n) is 2.12. The minimum absolute atomic E-state index is 0. The van der Waals surface area contributed by atoms with Gasteiger partial charge in [0.1, 0.15) is 0 Å². The molecule has 0 saturated heterocycles. The van der Waals surface area contributed by atoms with Crippen LogP contribution in [0.25, 0.3) is 10.9 Å². The molecule has 0 unspecified atom stereocenters. The second-order valence-corrected chi connectivity index (χ2v) is 3.28. The second-order valence-electron chi connectivity index (χ2n) is 3.28. The SMILES string of the molecule is FC(F)n1cc2cc([B-](F)(F)F)ccc2n1.[K+]. The standard InChI is InChI=1S/C8H5BF5N2.K/c10-8(11)16-4-5-3-6(9(12,13)14)1-2-7(5)15-16;/h1-4,8H;/q-1;+1. The summed E-state index contributed by atoms with van der Waals surface area (Å²) in [6.45, 7) is -7.97. The number of halogens is 5. The van der Waals surface area contributed by atoms with Gasteiger partial charge in [0, 0.05) is 11.6 Å². The van der Waals surface area contributed by atoms with Crippen LogP contribution in [0.1, 0.15) is 6.55 Å². The molecule has 0 saturated carbocycles. The summed E-state index contributed by atoms with van der Waals surface area (Å²) >= 11 is 0. The number of alkyl halides is 2. The van der Waals surface area contributed by atoms with Gasteiger partial charge in [-0.15, -0.1) is 5.46 Å². The van der Waals surface area contributed by atoms with Crippen molar-refractivity contribution in [2.24, 2.45) is 0 Å². The molecular weight excluding hydrogens is 269 g/mol. The summed E-state index contributed by atoms with van der Waals surface area (Å²) in [6.07, 6.45) is 0.894. The molecule has 0 atom stereocenters. The van der Waals surface area contributed by atoms with Crippen LogP contribution in [0.4, 0.5) is 21.7 Å². The molecule has 1 aromatic heterocycles. The van der Waals surface area contributed by atoms with Crippen LogP contribution >= 0.6 is 0 Å². The Hall–Kier alpha value is 0.0413. The van der Waals surface area contributed by atoms with Crippen LogP contribution in [-0.2, 0) is 0 Å². The molecule has 0 bridgehead atoms. The van der Waals surface area contributed by atoms with Crippen molar-refractivity contribution in [1.82, 2.24) is 9.78 Å². The smallest absolute Gasteiger partial charge is 0.445 e. The van der Waals surface area contributed by atoms with Crippen molar-refractivity contribution in [3.63, 3.8) is 0 Å². The van der Waals surface area contributed by atoms with Gasteiger partial charge < -0.3 is 12.9 Å². The summed E-state index contributed by atoms with van der Waals surface area (Å²) in [5.74, 6) is 0. The summed E-state index contributed by atoms with van der Waals surface area (Å²) in [6, 6.07) is 2.74. The van der Waals surface area contributed by atoms with Crippen LogP contribution in [-0.4, -0.2) is 16.8 Å². The second kappa shape index (κ2) is 5.35. The van der Waals surface area contributed by atoms with Crippen molar-refractivity contribution in [3.05, 3.63) is 24.4 Å². The Labute approximate surface area is 136 Å². The number of aromatic nitrogens is 2. The molecule has 0 aliphatic heterocycles. The molecule has 2 aromatic rings. The van der Waals surface area contributed by atoms with Crippen molar-refractivity contribution >= 4 is 23.3 Å². The Bertz CT molecular complexity index is 524. The van der Waals surface area contributed by atoms with Crippen molar-refractivity contribution in [1.29, 1.82) is 0 Å². The first-order valence-electron chi connectivity index (χ1n) is 4.35. The molecule has 17 heavy (non-hydrogen) atoms. The van der Waals surface area contributed by atoms with E-state index in [-0.39, 0.29) is 62.3 Å². The summed E-state index contributed by atoms with van der Waals surface area (Å²) in [5, 5.41) is 3.49. The quantitative estimate of drug-likeness (QED) is 0.533. The van der Waals surface area contributed by atoms with E-state index in [1.807, 2.05) is 0 Å². The van der Waals surface area contributed by atoms with E-state index in [2.05, 4.69) is 5.10 Å². The minimum atomic E-state index is -5.12. The van der Waals surface area contributed by atoms with Gasteiger partial charge in [0.05, 0.1) is 5.52 Å². The Morgan fingerprint density at radius 3 is 2.35 bits per heavy atom. The van der Waals surface area contributed by atoms with Crippen molar-refractivity contribution < 1.29 is 73.1 Å². The molecule has 0 radical (unpaired) electrons. The molecule has 86 valence electrons. The van der Waals surface area contributed by atoms with E-state index >= 15 is 0 Å². The monoisotopic (exact) mass is 274 g/mol. The van der Waals surface area contributed by atoms with Gasteiger partial charge in [-0.05, 0) is 6.07 Å². The zero-order valence-electron chi connectivity index (χ0n) is 8.75. The van der Waals surface area contributed by atoms with E-state index in [1.54, 1.807) is 0 Å². The maximum atomic E-state index is 12.4. The predicted molar refractivity (Wildman–Crippen MR) is 49.7 cm³/mol. The fourth-order valence-electron chi connectivity index (χ4n) is 1.37. The average Bonchev–Trinajstić information content (AvgIpc) is 2.58. The maximum Gasteiger partial charge on any atom is 1.00 e. The van der Waals surface area contributed by atoms with Gasteiger partial charge in [0.25, 0.3) is 0 Å². The first kappa shape index (κ1) is 15.1. The molecule has 0 amide bonds. The molecule has 9 heteroatoms. The molecule has 0 aliphatic rings. The van der Waals surface area contributed by atoms with Gasteiger partial charge >= 0.3 is 64.9 Å². The van der Waals surface area contributed by atoms with Crippen LogP contribution < -0.4 is 56.8 Å². The molecule has 0 aliphatic carbocycles. The third-order valence-corrected chi connectivity index (χ3v) is 2.12. The minimum Gasteiger partial charge on any atom is -0.445 e. The number of fused-ring (bicyclic) bond motifs is 1. The zero-order chi connectivity index (χ0) is 11.9. The van der Waals surface area contributed by atoms with Crippen molar-refractivity contribution in [2.75, 3.05) is 0 Å². The van der Waals surface area contributed by atoms with E-state index < -0.39 is 19.0 Å². The van der Waals surface area contributed by atoms with E-state index in [4.69, 9.17) is 0 Å². The maximum absolute atomic E-state index is 12.4. The molecule has 0 N–H and O–H groups in total. The largest absolute Gasteiger partial charge is 1.00 e. The van der Waals surface area contributed by atoms with Crippen LogP contribution in [0.2, 0.25) is 0 Å². The number of hydrogen-bond acceptors (Lipinski definition) is 1. The first-order chi connectivity index (χ1) is 7.38. The molecule has 2 rings (SSSR count). The van der Waals surface area contributed by atoms with Crippen LogP contribution in [0, 0.1) is 0 Å². The molecule has 2 nitrogen and oxygen atoms in total. The Morgan fingerprint density at radius 2 is 1.82 bits per heavy atom. The molecule has 1 heterocycles. The Balaban J connectivity index is 0.00000144. The van der Waals surface area contributed by atoms with Crippen molar-refractivity contribution in [3.8, 4) is 0 Å². The fourth-order valence-corrected chi connectivity index (χ4v) is 1.37. The first-order valence-corrected chi connectivity index (χ1v) is 4.35. The summed E-state index contributed by atoms with van der Waals surface area (Å²) in [5.41, 5.74) is -0.703. The summed E-state index contributed by atoms with van der Waals surface area (Å²) in [4.78, 5) is 0. The Morgan fingerprint density at radius 1 is 1.18 bits per heavy atom. The van der Waals surface area contributed by atoms with Crippen LogP contribution in [0.15, 0.2) is 24.4 Å². The zero-order valence-corrected chi connectivity index (χ0v) is 11.9. The van der Waals surface area contributed by atoms with E-state index in [0.29, 0.717) is 4.68 Å². The number of hydrogen-bond donors (Lipinski definition) is 0. The topological polar surface area (TPSA) is 17.8 Å². The number of benzene rings is 1. The van der Waals surface area contributed by atoms with Gasteiger partial charge in [0.2, 0.25) is 0 Å². The summed E-state index contributed by atoms with van der Waals surface area (Å²) in [7, 11) is 0. The van der Waals surface area contributed by atoms with Crippen molar-refractivity contribution in [2.45, 2.75) is 6.55 Å². The normalized spacial score (nSPS) is 11.9. The molecular formula is C8H5BF5KN2. The van der Waals surface area contributed by atoms with E-state index in [1.165, 1.54) is 0 Å². The third kappa shape index (κ3) is 3.28. The summed E-state index contributed by atoms with van der Waals surface area (Å²) < 4.78 is 61.9. The van der Waals surface area contributed by atoms with Gasteiger partial charge in [-0.25, -0.2) is 4.68 Å². The van der Waals surface area contributed by atoms with E-state index in [0.717, 1.165) is 24.4 Å². The molecule has 0 fully saturated rings. The number of rotatable bonds is 2. The van der Waals surface area contributed by atoms with E-state index in [9.17, 15) is 21.7 Å². The average molecular weight is 274 g/mol. The van der Waals surface area contributed by atoms with Gasteiger partial charge in [-0.3, -0.25) is 0 Å². The van der Waals surface area contributed by atoms with Gasteiger partial charge in [-0.1, -0.05) is 12.1 Å². The van der Waals surface area contributed by atoms with Gasteiger partial charge in [-0.2, -0.15) is 13.9 Å². The molecule has 1 aromatic carbocycles. The fraction of sp³-hybridized carbons (Fsp3) is 0.125. The van der Waals surface area contributed by atoms with Crippen LogP contribution in [0.5, 0.6) is 0 Å². The predicted octanol–water partition coefficient (Wildman–Crippen LogP) is -0.510. The van der Waals surface area contributed by atoms with Crippen LogP contribution in [0.3, 0.4) is 0 Å². The Kier molecular flexibility index (Phi) is 4.75.